The number of piperidine rings is 1. The van der Waals surface area contributed by atoms with Crippen LogP contribution in [0.3, 0.4) is 0 Å². The number of likely N-dealkylation sites (tertiary alicyclic amines) is 1. The summed E-state index contributed by atoms with van der Waals surface area (Å²) in [6.07, 6.45) is 4.96. The van der Waals surface area contributed by atoms with Gasteiger partial charge < -0.3 is 5.32 Å². The molecule has 4 rings (SSSR count). The number of sulfonamides is 1. The number of anilines is 1. The maximum absolute atomic E-state index is 12.8. The molecule has 0 aliphatic carbocycles. The van der Waals surface area contributed by atoms with Gasteiger partial charge in [-0.2, -0.15) is 0 Å². The Hall–Kier alpha value is -3.04. The lowest BCUT2D eigenvalue weighted by atomic mass is 9.89. The number of amides is 1. The van der Waals surface area contributed by atoms with Crippen molar-refractivity contribution in [3.05, 3.63) is 60.2 Å². The van der Waals surface area contributed by atoms with Crippen molar-refractivity contribution in [2.45, 2.75) is 43.4 Å². The molecule has 0 saturated carbocycles. The van der Waals surface area contributed by atoms with E-state index in [-0.39, 0.29) is 29.0 Å². The number of nitrogens with one attached hydrogen (secondary N) is 2. The van der Waals surface area contributed by atoms with Crippen LogP contribution in [0.1, 0.15) is 48.9 Å². The molecule has 1 amide bonds. The Labute approximate surface area is 206 Å². The number of hydrogen-bond donors (Lipinski definition) is 2. The molecule has 186 valence electrons. The first kappa shape index (κ1) is 25.1. The van der Waals surface area contributed by atoms with E-state index in [2.05, 4.69) is 15.0 Å². The minimum absolute atomic E-state index is 0.0239. The Morgan fingerprint density at radius 1 is 0.971 bits per heavy atom. The molecule has 1 fully saturated rings. The third-order valence-electron chi connectivity index (χ3n) is 6.44. The summed E-state index contributed by atoms with van der Waals surface area (Å²) >= 11 is 0. The number of ketones is 1. The number of aliphatic imine (C=N–C) groups is 1. The van der Waals surface area contributed by atoms with Crippen molar-refractivity contribution in [2.75, 3.05) is 31.5 Å². The number of carbonyl (C=O) groups is 2. The van der Waals surface area contributed by atoms with Gasteiger partial charge >= 0.3 is 0 Å². The number of carbonyl (C=O) groups excluding carboxylic acids is 2. The molecule has 1 saturated heterocycles. The minimum atomic E-state index is -3.77. The second-order valence-electron chi connectivity index (χ2n) is 9.10. The normalized spacial score (nSPS) is 17.8. The fourth-order valence-electron chi connectivity index (χ4n) is 4.51. The summed E-state index contributed by atoms with van der Waals surface area (Å²) in [5.74, 6) is 0.417. The highest BCUT2D eigenvalue weighted by molar-refractivity contribution is 7.90. The monoisotopic (exact) mass is 496 g/mol. The molecule has 2 aliphatic rings. The van der Waals surface area contributed by atoms with Crippen LogP contribution in [0.25, 0.3) is 0 Å². The Balaban J connectivity index is 1.29. The molecule has 35 heavy (non-hydrogen) atoms. The van der Waals surface area contributed by atoms with Gasteiger partial charge in [0.2, 0.25) is 5.91 Å². The summed E-state index contributed by atoms with van der Waals surface area (Å²) in [6, 6.07) is 15.6. The van der Waals surface area contributed by atoms with Gasteiger partial charge in [0.05, 0.1) is 11.4 Å². The predicted octanol–water partition coefficient (Wildman–Crippen LogP) is 3.47. The van der Waals surface area contributed by atoms with E-state index in [9.17, 15) is 18.0 Å². The predicted molar refractivity (Wildman–Crippen MR) is 136 cm³/mol. The highest BCUT2D eigenvalue weighted by Gasteiger charge is 2.26. The summed E-state index contributed by atoms with van der Waals surface area (Å²) in [7, 11) is -3.77. The lowest BCUT2D eigenvalue weighted by molar-refractivity contribution is -0.117. The standard InChI is InChI=1S/C26H32N4O4S/c31-25(19-30-16-13-21(14-17-30)26(32)20-8-3-1-4-9-20)28-22-10-7-11-23(18-22)35(33,34)29-24-12-5-2-6-15-27-24/h1,3-4,7-11,18,21H,2,5-6,12-17,19H2,(H,27,29)(H,28,31). The van der Waals surface area contributed by atoms with Crippen molar-refractivity contribution >= 4 is 33.2 Å². The van der Waals surface area contributed by atoms with Crippen molar-refractivity contribution < 1.29 is 18.0 Å². The highest BCUT2D eigenvalue weighted by atomic mass is 32.2. The van der Waals surface area contributed by atoms with Crippen LogP contribution in [0, 0.1) is 5.92 Å². The molecule has 8 nitrogen and oxygen atoms in total. The Morgan fingerprint density at radius 2 is 1.74 bits per heavy atom. The second-order valence-corrected chi connectivity index (χ2v) is 10.8. The van der Waals surface area contributed by atoms with Crippen LogP contribution in [-0.4, -0.2) is 57.0 Å². The van der Waals surface area contributed by atoms with E-state index in [1.54, 1.807) is 12.1 Å². The number of nitrogens with zero attached hydrogens (tertiary/aromatic N) is 2. The molecule has 2 aromatic carbocycles. The van der Waals surface area contributed by atoms with Crippen LogP contribution < -0.4 is 10.0 Å². The van der Waals surface area contributed by atoms with Crippen LogP contribution in [0.2, 0.25) is 0 Å². The summed E-state index contributed by atoms with van der Waals surface area (Å²) < 4.78 is 28.2. The van der Waals surface area contributed by atoms with Crippen molar-refractivity contribution in [3.63, 3.8) is 0 Å². The summed E-state index contributed by atoms with van der Waals surface area (Å²) in [5, 5.41) is 2.81. The molecule has 9 heteroatoms. The Bertz CT molecular complexity index is 1170. The first-order valence-corrected chi connectivity index (χ1v) is 13.7. The van der Waals surface area contributed by atoms with Crippen molar-refractivity contribution in [1.82, 2.24) is 9.62 Å². The van der Waals surface area contributed by atoms with E-state index in [0.717, 1.165) is 24.8 Å². The molecule has 2 heterocycles. The van der Waals surface area contributed by atoms with E-state index in [1.165, 1.54) is 12.1 Å². The van der Waals surface area contributed by atoms with Gasteiger partial charge in [-0.3, -0.25) is 24.2 Å². The average molecular weight is 497 g/mol. The Morgan fingerprint density at radius 3 is 2.51 bits per heavy atom. The topological polar surface area (TPSA) is 108 Å². The van der Waals surface area contributed by atoms with Gasteiger partial charge in [0.25, 0.3) is 10.0 Å². The van der Waals surface area contributed by atoms with E-state index in [0.29, 0.717) is 50.4 Å². The molecular formula is C26H32N4O4S. The quantitative estimate of drug-likeness (QED) is 0.571. The fraction of sp³-hybridized carbons (Fsp3) is 0.423. The van der Waals surface area contributed by atoms with Gasteiger partial charge in [0.1, 0.15) is 5.84 Å². The molecule has 0 radical (unpaired) electrons. The van der Waals surface area contributed by atoms with Crippen LogP contribution in [-0.2, 0) is 14.8 Å². The minimum Gasteiger partial charge on any atom is -0.325 e. The van der Waals surface area contributed by atoms with Crippen LogP contribution in [0.5, 0.6) is 0 Å². The molecular weight excluding hydrogens is 464 g/mol. The lowest BCUT2D eigenvalue weighted by Gasteiger charge is -2.30. The first-order chi connectivity index (χ1) is 16.9. The number of amidine groups is 1. The molecule has 0 bridgehead atoms. The maximum atomic E-state index is 12.8. The van der Waals surface area contributed by atoms with Crippen LogP contribution >= 0.6 is 0 Å². The zero-order valence-corrected chi connectivity index (χ0v) is 20.6. The van der Waals surface area contributed by atoms with Gasteiger partial charge in [-0.15, -0.1) is 0 Å². The number of rotatable bonds is 7. The van der Waals surface area contributed by atoms with Gasteiger partial charge in [0, 0.05) is 30.1 Å². The zero-order valence-electron chi connectivity index (χ0n) is 19.8. The lowest BCUT2D eigenvalue weighted by Crippen LogP contribution is -2.40. The van der Waals surface area contributed by atoms with Crippen LogP contribution in [0.4, 0.5) is 5.69 Å². The second kappa shape index (κ2) is 11.6. The number of hydrogen-bond acceptors (Lipinski definition) is 6. The van der Waals surface area contributed by atoms with E-state index in [4.69, 9.17) is 0 Å². The zero-order chi connectivity index (χ0) is 24.7. The van der Waals surface area contributed by atoms with Gasteiger partial charge in [0.15, 0.2) is 5.78 Å². The van der Waals surface area contributed by atoms with Gasteiger partial charge in [-0.25, -0.2) is 8.42 Å². The van der Waals surface area contributed by atoms with E-state index < -0.39 is 10.0 Å². The number of benzene rings is 2. The molecule has 2 N–H and O–H groups in total. The van der Waals surface area contributed by atoms with E-state index in [1.807, 2.05) is 35.2 Å². The van der Waals surface area contributed by atoms with Crippen LogP contribution in [0.15, 0.2) is 64.5 Å². The summed E-state index contributed by atoms with van der Waals surface area (Å²) in [5.41, 5.74) is 1.16. The molecule has 2 aromatic rings. The van der Waals surface area contributed by atoms with Crippen molar-refractivity contribution in [3.8, 4) is 0 Å². The van der Waals surface area contributed by atoms with Crippen molar-refractivity contribution in [1.29, 1.82) is 0 Å². The van der Waals surface area contributed by atoms with Gasteiger partial charge in [-0.05, 0) is 57.0 Å². The third-order valence-corrected chi connectivity index (χ3v) is 7.82. The summed E-state index contributed by atoms with van der Waals surface area (Å²) in [4.78, 5) is 31.7. The fourth-order valence-corrected chi connectivity index (χ4v) is 5.64. The largest absolute Gasteiger partial charge is 0.325 e. The molecule has 2 aliphatic heterocycles. The summed E-state index contributed by atoms with van der Waals surface area (Å²) in [6.45, 7) is 2.15. The first-order valence-electron chi connectivity index (χ1n) is 12.2. The smallest absolute Gasteiger partial charge is 0.262 e. The third kappa shape index (κ3) is 6.99. The molecule has 0 aromatic heterocycles. The Kier molecular flexibility index (Phi) is 8.30. The molecule has 0 spiro atoms. The van der Waals surface area contributed by atoms with Crippen molar-refractivity contribution in [2.24, 2.45) is 10.9 Å². The van der Waals surface area contributed by atoms with Gasteiger partial charge in [-0.1, -0.05) is 42.8 Å². The number of Topliss-reactive ketones (excluding diaryl/α,β-unsaturated/α-hetero) is 1. The molecule has 0 atom stereocenters. The molecule has 0 unspecified atom stereocenters. The average Bonchev–Trinajstić information content (AvgIpc) is 3.13. The SMILES string of the molecule is O=C(CN1CCC(C(=O)c2ccccc2)CC1)Nc1cccc(S(=O)(=O)NC2=NCCCCC2)c1. The highest BCUT2D eigenvalue weighted by Crippen LogP contribution is 2.22. The van der Waals surface area contributed by atoms with E-state index >= 15 is 0 Å². The maximum Gasteiger partial charge on any atom is 0.262 e.